The Morgan fingerprint density at radius 3 is 2.47 bits per heavy atom. The topological polar surface area (TPSA) is 64.6 Å². The average molecular weight is 214 g/mol. The van der Waals surface area contributed by atoms with E-state index >= 15 is 0 Å². The molecule has 0 bridgehead atoms. The maximum Gasteiger partial charge on any atom is 0.407 e. The number of hydrogen-bond donors (Lipinski definition) is 1. The van der Waals surface area contributed by atoms with Crippen molar-refractivity contribution in [3.05, 3.63) is 19.1 Å². The maximum atomic E-state index is 10.9. The van der Waals surface area contributed by atoms with Crippen LogP contribution in [0.4, 0.5) is 4.79 Å². The van der Waals surface area contributed by atoms with Gasteiger partial charge in [0.1, 0.15) is 6.61 Å². The van der Waals surface area contributed by atoms with Crippen molar-refractivity contribution in [2.24, 2.45) is 0 Å². The summed E-state index contributed by atoms with van der Waals surface area (Å²) in [4.78, 5) is 21.7. The zero-order valence-electron chi connectivity index (χ0n) is 8.88. The number of carbonyl (C=O) groups is 2. The highest BCUT2D eigenvalue weighted by Crippen LogP contribution is 1.90. The molecule has 0 rings (SSSR count). The number of carbonyl (C=O) groups excluding carboxylic acids is 2. The van der Waals surface area contributed by atoms with Gasteiger partial charge in [-0.3, -0.25) is 0 Å². The van der Waals surface area contributed by atoms with Crippen molar-refractivity contribution in [3.63, 3.8) is 0 Å². The highest BCUT2D eigenvalue weighted by atomic mass is 16.6. The lowest BCUT2D eigenvalue weighted by Crippen LogP contribution is -2.28. The smallest absolute Gasteiger partial charge is 0.407 e. The molecule has 15 heavy (non-hydrogen) atoms. The molecule has 0 atom stereocenters. The molecule has 0 aromatic heterocycles. The van der Waals surface area contributed by atoms with E-state index in [9.17, 15) is 9.59 Å². The summed E-state index contributed by atoms with van der Waals surface area (Å²) in [6.45, 7) is 9.08. The minimum Gasteiger partial charge on any atom is -0.460 e. The number of alkyl carbamates (subject to hydrolysis) is 1. The summed E-state index contributed by atoms with van der Waals surface area (Å²) in [5.41, 5.74) is 0.328. The molecule has 0 heterocycles. The van der Waals surface area contributed by atoms with Crippen LogP contribution in [0.2, 0.25) is 0 Å². The molecular weight excluding hydrogens is 198 g/mol. The van der Waals surface area contributed by atoms with E-state index in [1.165, 1.54) is 0 Å². The molecule has 1 radical (unpaired) electrons. The van der Waals surface area contributed by atoms with Crippen LogP contribution in [0.25, 0.3) is 0 Å². The molecule has 1 N–H and O–H groups in total. The summed E-state index contributed by atoms with van der Waals surface area (Å²) in [5, 5.41) is 2.42. The van der Waals surface area contributed by atoms with Crippen molar-refractivity contribution >= 4 is 12.1 Å². The molecule has 85 valence electrons. The maximum absolute atomic E-state index is 10.9. The number of amides is 1. The highest BCUT2D eigenvalue weighted by molar-refractivity contribution is 5.86. The SMILES string of the molecule is [CH2]CCOC(=O)NCCOC(=O)C(=C)C. The Labute approximate surface area is 89.4 Å². The Hall–Kier alpha value is -1.52. The van der Waals surface area contributed by atoms with Gasteiger partial charge in [-0.2, -0.15) is 0 Å². The number of hydrogen-bond acceptors (Lipinski definition) is 4. The zero-order valence-corrected chi connectivity index (χ0v) is 8.88. The minimum absolute atomic E-state index is 0.102. The van der Waals surface area contributed by atoms with Crippen molar-refractivity contribution in [3.8, 4) is 0 Å². The molecule has 1 amide bonds. The van der Waals surface area contributed by atoms with Gasteiger partial charge in [-0.15, -0.1) is 0 Å². The molecule has 0 saturated heterocycles. The quantitative estimate of drug-likeness (QED) is 0.408. The predicted molar refractivity (Wildman–Crippen MR) is 55.1 cm³/mol. The summed E-state index contributed by atoms with van der Waals surface area (Å²) in [5.74, 6) is -0.470. The summed E-state index contributed by atoms with van der Waals surface area (Å²) >= 11 is 0. The van der Waals surface area contributed by atoms with Gasteiger partial charge < -0.3 is 14.8 Å². The number of rotatable bonds is 6. The Kier molecular flexibility index (Phi) is 7.05. The number of esters is 1. The third-order valence-corrected chi connectivity index (χ3v) is 1.33. The van der Waals surface area contributed by atoms with Crippen molar-refractivity contribution in [2.75, 3.05) is 19.8 Å². The third kappa shape index (κ3) is 7.54. The second kappa shape index (κ2) is 7.84. The fourth-order valence-corrected chi connectivity index (χ4v) is 0.636. The summed E-state index contributed by atoms with van der Waals surface area (Å²) in [6, 6.07) is 0. The molecule has 0 saturated carbocycles. The van der Waals surface area contributed by atoms with E-state index in [1.807, 2.05) is 0 Å². The van der Waals surface area contributed by atoms with E-state index in [1.54, 1.807) is 6.92 Å². The van der Waals surface area contributed by atoms with Crippen LogP contribution in [0.3, 0.4) is 0 Å². The van der Waals surface area contributed by atoms with Gasteiger partial charge >= 0.3 is 12.1 Å². The van der Waals surface area contributed by atoms with E-state index < -0.39 is 12.1 Å². The van der Waals surface area contributed by atoms with Crippen LogP contribution in [-0.2, 0) is 14.3 Å². The summed E-state index contributed by atoms with van der Waals surface area (Å²) in [6.07, 6.45) is -0.0112. The molecule has 0 spiro atoms. The van der Waals surface area contributed by atoms with Gasteiger partial charge in [0, 0.05) is 5.57 Å². The highest BCUT2D eigenvalue weighted by Gasteiger charge is 2.03. The first-order chi connectivity index (χ1) is 7.07. The minimum atomic E-state index is -0.537. The van der Waals surface area contributed by atoms with E-state index in [2.05, 4.69) is 23.6 Å². The normalized spacial score (nSPS) is 9.20. The van der Waals surface area contributed by atoms with Crippen LogP contribution in [0.15, 0.2) is 12.2 Å². The zero-order chi connectivity index (χ0) is 11.7. The Morgan fingerprint density at radius 2 is 1.93 bits per heavy atom. The summed E-state index contributed by atoms with van der Waals surface area (Å²) < 4.78 is 9.41. The van der Waals surface area contributed by atoms with Crippen LogP contribution in [-0.4, -0.2) is 31.8 Å². The Balaban J connectivity index is 3.42. The Morgan fingerprint density at radius 1 is 1.27 bits per heavy atom. The van der Waals surface area contributed by atoms with Gasteiger partial charge in [-0.05, 0) is 20.3 Å². The second-order valence-corrected chi connectivity index (χ2v) is 2.83. The molecule has 0 unspecified atom stereocenters. The molecule has 0 fully saturated rings. The summed E-state index contributed by atoms with van der Waals surface area (Å²) in [7, 11) is 0. The van der Waals surface area contributed by atoms with Crippen molar-refractivity contribution < 1.29 is 19.1 Å². The van der Waals surface area contributed by atoms with Gasteiger partial charge in [-0.25, -0.2) is 9.59 Å². The molecular formula is C10H16NO4. The fourth-order valence-electron chi connectivity index (χ4n) is 0.636. The first-order valence-electron chi connectivity index (χ1n) is 4.60. The van der Waals surface area contributed by atoms with Crippen LogP contribution < -0.4 is 5.32 Å². The van der Waals surface area contributed by atoms with Gasteiger partial charge in [0.15, 0.2) is 0 Å². The van der Waals surface area contributed by atoms with Crippen molar-refractivity contribution in [1.29, 1.82) is 0 Å². The average Bonchev–Trinajstić information content (AvgIpc) is 2.20. The third-order valence-electron chi connectivity index (χ3n) is 1.33. The van der Waals surface area contributed by atoms with Crippen molar-refractivity contribution in [1.82, 2.24) is 5.32 Å². The van der Waals surface area contributed by atoms with Gasteiger partial charge in [0.05, 0.1) is 13.2 Å². The standard InChI is InChI=1S/C10H16NO4/c1-4-6-15-10(13)11-5-7-14-9(12)8(2)3/h1-2,4-7H2,3H3,(H,11,13). The van der Waals surface area contributed by atoms with Crippen LogP contribution in [0.5, 0.6) is 0 Å². The molecule has 0 aliphatic heterocycles. The number of ether oxygens (including phenoxy) is 2. The molecule has 0 aliphatic rings. The van der Waals surface area contributed by atoms with E-state index in [0.717, 1.165) is 0 Å². The lowest BCUT2D eigenvalue weighted by atomic mass is 10.4. The van der Waals surface area contributed by atoms with E-state index in [0.29, 0.717) is 12.0 Å². The van der Waals surface area contributed by atoms with Crippen LogP contribution in [0.1, 0.15) is 13.3 Å². The van der Waals surface area contributed by atoms with E-state index in [4.69, 9.17) is 4.74 Å². The lowest BCUT2D eigenvalue weighted by Gasteiger charge is -2.06. The monoisotopic (exact) mass is 214 g/mol. The molecule has 0 aromatic rings. The van der Waals surface area contributed by atoms with Crippen LogP contribution >= 0.6 is 0 Å². The van der Waals surface area contributed by atoms with Crippen molar-refractivity contribution in [2.45, 2.75) is 13.3 Å². The first-order valence-corrected chi connectivity index (χ1v) is 4.60. The van der Waals surface area contributed by atoms with Gasteiger partial charge in [-0.1, -0.05) is 6.58 Å². The van der Waals surface area contributed by atoms with Crippen LogP contribution in [0, 0.1) is 6.92 Å². The number of nitrogens with one attached hydrogen (secondary N) is 1. The van der Waals surface area contributed by atoms with E-state index in [-0.39, 0.29) is 19.8 Å². The fraction of sp³-hybridized carbons (Fsp3) is 0.500. The molecule has 5 heteroatoms. The Bertz CT molecular complexity index is 238. The molecule has 5 nitrogen and oxygen atoms in total. The lowest BCUT2D eigenvalue weighted by molar-refractivity contribution is -0.138. The predicted octanol–water partition coefficient (Wildman–Crippen LogP) is 1.06. The second-order valence-electron chi connectivity index (χ2n) is 2.83. The van der Waals surface area contributed by atoms with Gasteiger partial charge in [0.2, 0.25) is 0 Å². The molecule has 0 aromatic carbocycles. The largest absolute Gasteiger partial charge is 0.460 e. The van der Waals surface area contributed by atoms with Gasteiger partial charge in [0.25, 0.3) is 0 Å². The first kappa shape index (κ1) is 13.5. The molecule has 0 aliphatic carbocycles.